The number of carbonyl (C=O) groups is 1. The number of benzene rings is 2. The van der Waals surface area contributed by atoms with Gasteiger partial charge in [0.05, 0.1) is 25.5 Å². The van der Waals surface area contributed by atoms with Crippen LogP contribution in [0.3, 0.4) is 0 Å². The number of amides is 1. The lowest BCUT2D eigenvalue weighted by Gasteiger charge is -2.13. The second-order valence-electron chi connectivity index (χ2n) is 6.25. The van der Waals surface area contributed by atoms with E-state index in [0.717, 1.165) is 5.56 Å². The van der Waals surface area contributed by atoms with Crippen molar-refractivity contribution >= 4 is 11.6 Å². The number of hydrogen-bond acceptors (Lipinski definition) is 6. The second-order valence-corrected chi connectivity index (χ2v) is 6.25. The maximum absolute atomic E-state index is 12.8. The summed E-state index contributed by atoms with van der Waals surface area (Å²) in [7, 11) is 0. The van der Waals surface area contributed by atoms with Gasteiger partial charge in [-0.2, -0.15) is 0 Å². The highest BCUT2D eigenvalue weighted by Gasteiger charge is 2.12. The summed E-state index contributed by atoms with van der Waals surface area (Å²) in [5.74, 6) is 1.40. The third-order valence-corrected chi connectivity index (χ3v) is 4.15. The highest BCUT2D eigenvalue weighted by molar-refractivity contribution is 6.04. The van der Waals surface area contributed by atoms with Crippen molar-refractivity contribution in [3.05, 3.63) is 60.2 Å². The minimum Gasteiger partial charge on any atom is -0.490 e. The van der Waals surface area contributed by atoms with Crippen LogP contribution >= 0.6 is 0 Å². The van der Waals surface area contributed by atoms with Crippen LogP contribution in [0.25, 0.3) is 11.3 Å². The van der Waals surface area contributed by atoms with Gasteiger partial charge in [0.15, 0.2) is 11.5 Å². The summed E-state index contributed by atoms with van der Waals surface area (Å²) in [5.41, 5.74) is 2.66. The van der Waals surface area contributed by atoms with Crippen molar-refractivity contribution in [2.75, 3.05) is 25.1 Å². The minimum atomic E-state index is -0.242. The maximum atomic E-state index is 12.8. The zero-order valence-electron chi connectivity index (χ0n) is 17.3. The number of nitrogens with one attached hydrogen (secondary N) is 1. The van der Waals surface area contributed by atoms with E-state index in [9.17, 15) is 4.79 Å². The number of rotatable bonds is 9. The number of hydrogen-bond donors (Lipinski definition) is 1. The fourth-order valence-electron chi connectivity index (χ4n) is 2.85. The van der Waals surface area contributed by atoms with E-state index in [1.807, 2.05) is 51.1 Å². The number of nitrogens with zero attached hydrogens (tertiary/aromatic N) is 2. The Kier molecular flexibility index (Phi) is 7.21. The largest absolute Gasteiger partial charge is 0.490 e. The molecule has 156 valence electrons. The van der Waals surface area contributed by atoms with Gasteiger partial charge in [0.2, 0.25) is 5.88 Å². The molecule has 0 unspecified atom stereocenters. The predicted molar refractivity (Wildman–Crippen MR) is 115 cm³/mol. The molecular formula is C23H25N3O4. The summed E-state index contributed by atoms with van der Waals surface area (Å²) in [5, 5.41) is 11.1. The SMILES string of the molecule is CCOc1ccc(-c2cccc(NC(=O)c3ccc(OCC)c(OCC)c3)c2)nn1. The monoisotopic (exact) mass is 407 g/mol. The van der Waals surface area contributed by atoms with Gasteiger partial charge in [-0.3, -0.25) is 4.79 Å². The molecule has 0 bridgehead atoms. The Labute approximate surface area is 176 Å². The van der Waals surface area contributed by atoms with Gasteiger partial charge in [0.25, 0.3) is 5.91 Å². The van der Waals surface area contributed by atoms with E-state index in [1.165, 1.54) is 0 Å². The smallest absolute Gasteiger partial charge is 0.255 e. The van der Waals surface area contributed by atoms with E-state index in [1.54, 1.807) is 24.3 Å². The first-order valence-electron chi connectivity index (χ1n) is 9.92. The molecule has 3 aromatic rings. The standard InChI is InChI=1S/C23H25N3O4/c1-4-28-20-12-10-17(15-21(20)29-5-2)23(27)24-18-9-7-8-16(14-18)19-11-13-22(26-25-19)30-6-3/h7-15H,4-6H2,1-3H3,(H,24,27). The van der Waals surface area contributed by atoms with Crippen LogP contribution in [0.1, 0.15) is 31.1 Å². The zero-order chi connectivity index (χ0) is 21.3. The Hall–Kier alpha value is -3.61. The van der Waals surface area contributed by atoms with Gasteiger partial charge in [-0.1, -0.05) is 12.1 Å². The molecule has 0 atom stereocenters. The molecule has 0 saturated carbocycles. The molecule has 0 spiro atoms. The van der Waals surface area contributed by atoms with Crippen molar-refractivity contribution in [2.24, 2.45) is 0 Å². The molecule has 0 aliphatic carbocycles. The molecule has 0 radical (unpaired) electrons. The molecule has 0 saturated heterocycles. The maximum Gasteiger partial charge on any atom is 0.255 e. The third-order valence-electron chi connectivity index (χ3n) is 4.15. The van der Waals surface area contributed by atoms with Crippen LogP contribution in [-0.4, -0.2) is 35.9 Å². The Bertz CT molecular complexity index is 990. The van der Waals surface area contributed by atoms with Crippen LogP contribution in [0.4, 0.5) is 5.69 Å². The first-order chi connectivity index (χ1) is 14.6. The van der Waals surface area contributed by atoms with E-state index in [0.29, 0.717) is 54.1 Å². The highest BCUT2D eigenvalue weighted by atomic mass is 16.5. The Morgan fingerprint density at radius 2 is 1.60 bits per heavy atom. The fourth-order valence-corrected chi connectivity index (χ4v) is 2.85. The normalized spacial score (nSPS) is 10.4. The van der Waals surface area contributed by atoms with Crippen LogP contribution in [0.5, 0.6) is 17.4 Å². The van der Waals surface area contributed by atoms with Gasteiger partial charge in [-0.25, -0.2) is 0 Å². The van der Waals surface area contributed by atoms with Crippen LogP contribution in [0.15, 0.2) is 54.6 Å². The van der Waals surface area contributed by atoms with E-state index in [4.69, 9.17) is 14.2 Å². The van der Waals surface area contributed by atoms with Crippen LogP contribution < -0.4 is 19.5 Å². The molecule has 0 fully saturated rings. The van der Waals surface area contributed by atoms with E-state index >= 15 is 0 Å². The fraction of sp³-hybridized carbons (Fsp3) is 0.261. The van der Waals surface area contributed by atoms with Crippen molar-refractivity contribution in [2.45, 2.75) is 20.8 Å². The van der Waals surface area contributed by atoms with Crippen LogP contribution in [0.2, 0.25) is 0 Å². The van der Waals surface area contributed by atoms with Gasteiger partial charge in [-0.05, 0) is 57.2 Å². The molecule has 2 aromatic carbocycles. The van der Waals surface area contributed by atoms with Gasteiger partial charge in [0.1, 0.15) is 0 Å². The van der Waals surface area contributed by atoms with Gasteiger partial charge < -0.3 is 19.5 Å². The van der Waals surface area contributed by atoms with E-state index in [2.05, 4.69) is 15.5 Å². The number of carbonyl (C=O) groups excluding carboxylic acids is 1. The molecule has 1 heterocycles. The summed E-state index contributed by atoms with van der Waals surface area (Å²) in [6.45, 7) is 7.22. The highest BCUT2D eigenvalue weighted by Crippen LogP contribution is 2.29. The predicted octanol–water partition coefficient (Wildman–Crippen LogP) is 4.59. The lowest BCUT2D eigenvalue weighted by Crippen LogP contribution is -2.12. The lowest BCUT2D eigenvalue weighted by molar-refractivity contribution is 0.102. The molecule has 0 aliphatic heterocycles. The van der Waals surface area contributed by atoms with Crippen molar-refractivity contribution in [3.8, 4) is 28.6 Å². The first-order valence-corrected chi connectivity index (χ1v) is 9.92. The number of aromatic nitrogens is 2. The lowest BCUT2D eigenvalue weighted by atomic mass is 10.1. The summed E-state index contributed by atoms with van der Waals surface area (Å²) >= 11 is 0. The van der Waals surface area contributed by atoms with Gasteiger partial charge in [0, 0.05) is 22.9 Å². The molecule has 1 aromatic heterocycles. The van der Waals surface area contributed by atoms with Crippen molar-refractivity contribution in [1.82, 2.24) is 10.2 Å². The summed E-state index contributed by atoms with van der Waals surface area (Å²) in [6, 6.07) is 16.2. The molecular weight excluding hydrogens is 382 g/mol. The number of anilines is 1. The minimum absolute atomic E-state index is 0.242. The Balaban J connectivity index is 1.77. The molecule has 1 amide bonds. The van der Waals surface area contributed by atoms with E-state index < -0.39 is 0 Å². The summed E-state index contributed by atoms with van der Waals surface area (Å²) < 4.78 is 16.5. The topological polar surface area (TPSA) is 82.6 Å². The van der Waals surface area contributed by atoms with Gasteiger partial charge in [-0.15, -0.1) is 10.2 Å². The molecule has 3 rings (SSSR count). The molecule has 7 nitrogen and oxygen atoms in total. The van der Waals surface area contributed by atoms with Crippen molar-refractivity contribution in [1.29, 1.82) is 0 Å². The van der Waals surface area contributed by atoms with Gasteiger partial charge >= 0.3 is 0 Å². The molecule has 30 heavy (non-hydrogen) atoms. The first kappa shape index (κ1) is 21.1. The zero-order valence-corrected chi connectivity index (χ0v) is 17.3. The summed E-state index contributed by atoms with van der Waals surface area (Å²) in [6.07, 6.45) is 0. The summed E-state index contributed by atoms with van der Waals surface area (Å²) in [4.78, 5) is 12.8. The molecule has 0 aliphatic rings. The second kappa shape index (κ2) is 10.2. The van der Waals surface area contributed by atoms with E-state index in [-0.39, 0.29) is 5.91 Å². The Morgan fingerprint density at radius 1 is 0.833 bits per heavy atom. The number of ether oxygens (including phenoxy) is 3. The van der Waals surface area contributed by atoms with Crippen LogP contribution in [0, 0.1) is 0 Å². The average Bonchev–Trinajstić information content (AvgIpc) is 2.76. The average molecular weight is 407 g/mol. The quantitative estimate of drug-likeness (QED) is 0.559. The van der Waals surface area contributed by atoms with Crippen molar-refractivity contribution in [3.63, 3.8) is 0 Å². The molecule has 7 heteroatoms. The third kappa shape index (κ3) is 5.26. The molecule has 1 N–H and O–H groups in total. The Morgan fingerprint density at radius 3 is 2.30 bits per heavy atom. The van der Waals surface area contributed by atoms with Crippen LogP contribution in [-0.2, 0) is 0 Å². The van der Waals surface area contributed by atoms with Crippen molar-refractivity contribution < 1.29 is 19.0 Å².